The van der Waals surface area contributed by atoms with E-state index < -0.39 is 0 Å². The van der Waals surface area contributed by atoms with Gasteiger partial charge in [0, 0.05) is 6.20 Å². The van der Waals surface area contributed by atoms with E-state index in [-0.39, 0.29) is 11.8 Å². The summed E-state index contributed by atoms with van der Waals surface area (Å²) in [4.78, 5) is 12.2. The number of benzene rings is 1. The van der Waals surface area contributed by atoms with Crippen LogP contribution >= 0.6 is 15.9 Å². The van der Waals surface area contributed by atoms with Crippen LogP contribution in [-0.2, 0) is 11.3 Å². The Kier molecular flexibility index (Phi) is 4.79. The highest BCUT2D eigenvalue weighted by atomic mass is 79.9. The van der Waals surface area contributed by atoms with Gasteiger partial charge < -0.3 is 10.1 Å². The summed E-state index contributed by atoms with van der Waals surface area (Å²) in [5, 5.41) is 7.02. The van der Waals surface area contributed by atoms with Crippen molar-refractivity contribution < 1.29 is 9.53 Å². The standard InChI is InChI=1S/C14H16BrN3O2/c1-10(8-18-9-11(15)7-16-18)14(19)17-12-5-3-4-6-13(12)20-2/h3-7,9-10H,8H2,1-2H3,(H,17,19). The maximum atomic E-state index is 12.2. The number of nitrogens with one attached hydrogen (secondary N) is 1. The average Bonchev–Trinajstić information content (AvgIpc) is 2.84. The van der Waals surface area contributed by atoms with Gasteiger partial charge in [0.1, 0.15) is 5.75 Å². The van der Waals surface area contributed by atoms with Crippen molar-refractivity contribution in [2.45, 2.75) is 13.5 Å². The van der Waals surface area contributed by atoms with Crippen molar-refractivity contribution in [3.05, 3.63) is 41.1 Å². The summed E-state index contributed by atoms with van der Waals surface area (Å²) in [5.41, 5.74) is 0.675. The molecule has 106 valence electrons. The van der Waals surface area contributed by atoms with Crippen LogP contribution in [0.25, 0.3) is 0 Å². The summed E-state index contributed by atoms with van der Waals surface area (Å²) >= 11 is 3.33. The molecule has 1 aromatic carbocycles. The Hall–Kier alpha value is -1.82. The lowest BCUT2D eigenvalue weighted by molar-refractivity contribution is -0.119. The van der Waals surface area contributed by atoms with Gasteiger partial charge in [-0.25, -0.2) is 0 Å². The van der Waals surface area contributed by atoms with Crippen molar-refractivity contribution in [3.63, 3.8) is 0 Å². The summed E-state index contributed by atoms with van der Waals surface area (Å²) in [6.07, 6.45) is 3.54. The van der Waals surface area contributed by atoms with E-state index in [4.69, 9.17) is 4.74 Å². The number of methoxy groups -OCH3 is 1. The Morgan fingerprint density at radius 1 is 1.50 bits per heavy atom. The molecular formula is C14H16BrN3O2. The lowest BCUT2D eigenvalue weighted by Crippen LogP contribution is -2.24. The van der Waals surface area contributed by atoms with Crippen LogP contribution in [-0.4, -0.2) is 22.8 Å². The Bertz CT molecular complexity index is 598. The van der Waals surface area contributed by atoms with E-state index >= 15 is 0 Å². The predicted molar refractivity (Wildman–Crippen MR) is 80.7 cm³/mol. The number of carbonyl (C=O) groups excluding carboxylic acids is 1. The highest BCUT2D eigenvalue weighted by Gasteiger charge is 2.15. The molecule has 0 aliphatic heterocycles. The molecule has 1 aromatic heterocycles. The molecule has 1 amide bonds. The molecule has 0 bridgehead atoms. The Morgan fingerprint density at radius 2 is 2.25 bits per heavy atom. The van der Waals surface area contributed by atoms with E-state index in [1.54, 1.807) is 18.0 Å². The molecule has 5 nitrogen and oxygen atoms in total. The van der Waals surface area contributed by atoms with Crippen LogP contribution in [0.15, 0.2) is 41.1 Å². The second kappa shape index (κ2) is 6.56. The summed E-state index contributed by atoms with van der Waals surface area (Å²) in [6.45, 7) is 2.38. The molecule has 1 atom stereocenters. The molecular weight excluding hydrogens is 322 g/mol. The minimum Gasteiger partial charge on any atom is -0.495 e. The summed E-state index contributed by atoms with van der Waals surface area (Å²) in [6, 6.07) is 7.34. The maximum Gasteiger partial charge on any atom is 0.229 e. The van der Waals surface area contributed by atoms with Crippen LogP contribution in [0.3, 0.4) is 0 Å². The molecule has 0 aliphatic carbocycles. The van der Waals surface area contributed by atoms with Crippen LogP contribution in [0.4, 0.5) is 5.69 Å². The van der Waals surface area contributed by atoms with Gasteiger partial charge in [-0.2, -0.15) is 5.10 Å². The number of hydrogen-bond acceptors (Lipinski definition) is 3. The van der Waals surface area contributed by atoms with Crippen molar-refractivity contribution >= 4 is 27.5 Å². The van der Waals surface area contributed by atoms with Gasteiger partial charge in [0.15, 0.2) is 0 Å². The van der Waals surface area contributed by atoms with Gasteiger partial charge in [-0.05, 0) is 28.1 Å². The van der Waals surface area contributed by atoms with E-state index in [9.17, 15) is 4.79 Å². The van der Waals surface area contributed by atoms with Crippen molar-refractivity contribution in [2.75, 3.05) is 12.4 Å². The topological polar surface area (TPSA) is 56.1 Å². The molecule has 1 unspecified atom stereocenters. The molecule has 0 spiro atoms. The number of para-hydroxylation sites is 2. The first-order chi connectivity index (χ1) is 9.60. The van der Waals surface area contributed by atoms with E-state index in [0.29, 0.717) is 18.0 Å². The quantitative estimate of drug-likeness (QED) is 0.912. The summed E-state index contributed by atoms with van der Waals surface area (Å²) in [5.74, 6) is 0.378. The average molecular weight is 338 g/mol. The number of nitrogens with zero attached hydrogens (tertiary/aromatic N) is 2. The third kappa shape index (κ3) is 3.60. The molecule has 2 aromatic rings. The SMILES string of the molecule is COc1ccccc1NC(=O)C(C)Cn1cc(Br)cn1. The monoisotopic (exact) mass is 337 g/mol. The van der Waals surface area contributed by atoms with E-state index in [0.717, 1.165) is 4.47 Å². The molecule has 2 rings (SSSR count). The van der Waals surface area contributed by atoms with Crippen LogP contribution < -0.4 is 10.1 Å². The van der Waals surface area contributed by atoms with Crippen molar-refractivity contribution in [1.82, 2.24) is 9.78 Å². The third-order valence-corrected chi connectivity index (χ3v) is 3.28. The summed E-state index contributed by atoms with van der Waals surface area (Å²) < 4.78 is 7.84. The van der Waals surface area contributed by atoms with E-state index in [1.807, 2.05) is 37.4 Å². The zero-order chi connectivity index (χ0) is 14.5. The number of rotatable bonds is 5. The van der Waals surface area contributed by atoms with E-state index in [1.165, 1.54) is 0 Å². The largest absolute Gasteiger partial charge is 0.495 e. The number of halogens is 1. The zero-order valence-electron chi connectivity index (χ0n) is 11.3. The maximum absolute atomic E-state index is 12.2. The second-order valence-corrected chi connectivity index (χ2v) is 5.39. The van der Waals surface area contributed by atoms with Gasteiger partial charge in [-0.3, -0.25) is 9.48 Å². The van der Waals surface area contributed by atoms with Crippen LogP contribution in [0.1, 0.15) is 6.92 Å². The molecule has 0 radical (unpaired) electrons. The minimum absolute atomic E-state index is 0.0684. The first-order valence-electron chi connectivity index (χ1n) is 6.22. The minimum atomic E-state index is -0.202. The van der Waals surface area contributed by atoms with Crippen LogP contribution in [0.5, 0.6) is 5.75 Å². The van der Waals surface area contributed by atoms with Crippen LogP contribution in [0, 0.1) is 5.92 Å². The molecule has 20 heavy (non-hydrogen) atoms. The number of carbonyl (C=O) groups is 1. The fraction of sp³-hybridized carbons (Fsp3) is 0.286. The number of aromatic nitrogens is 2. The smallest absolute Gasteiger partial charge is 0.229 e. The fourth-order valence-electron chi connectivity index (χ4n) is 1.81. The first-order valence-corrected chi connectivity index (χ1v) is 7.01. The van der Waals surface area contributed by atoms with Gasteiger partial charge in [0.25, 0.3) is 0 Å². The van der Waals surface area contributed by atoms with Gasteiger partial charge in [0.2, 0.25) is 5.91 Å². The second-order valence-electron chi connectivity index (χ2n) is 4.47. The van der Waals surface area contributed by atoms with Crippen molar-refractivity contribution in [3.8, 4) is 5.75 Å². The van der Waals surface area contributed by atoms with Crippen molar-refractivity contribution in [1.29, 1.82) is 0 Å². The van der Waals surface area contributed by atoms with Crippen molar-refractivity contribution in [2.24, 2.45) is 5.92 Å². The number of amides is 1. The Morgan fingerprint density at radius 3 is 2.90 bits per heavy atom. The number of anilines is 1. The van der Waals surface area contributed by atoms with Gasteiger partial charge in [-0.15, -0.1) is 0 Å². The predicted octanol–water partition coefficient (Wildman–Crippen LogP) is 2.93. The first kappa shape index (κ1) is 14.6. The summed E-state index contributed by atoms with van der Waals surface area (Å²) in [7, 11) is 1.58. The number of ether oxygens (including phenoxy) is 1. The highest BCUT2D eigenvalue weighted by molar-refractivity contribution is 9.10. The normalized spacial score (nSPS) is 11.9. The Balaban J connectivity index is 2.00. The Labute approximate surface area is 126 Å². The third-order valence-electron chi connectivity index (χ3n) is 2.88. The van der Waals surface area contributed by atoms with Gasteiger partial charge in [-0.1, -0.05) is 19.1 Å². The van der Waals surface area contributed by atoms with Gasteiger partial charge in [0.05, 0.1) is 35.9 Å². The molecule has 0 fully saturated rings. The molecule has 0 aliphatic rings. The molecule has 6 heteroatoms. The molecule has 0 saturated carbocycles. The van der Waals surface area contributed by atoms with Gasteiger partial charge >= 0.3 is 0 Å². The fourth-order valence-corrected chi connectivity index (χ4v) is 2.13. The van der Waals surface area contributed by atoms with Crippen LogP contribution in [0.2, 0.25) is 0 Å². The molecule has 1 heterocycles. The highest BCUT2D eigenvalue weighted by Crippen LogP contribution is 2.23. The molecule has 0 saturated heterocycles. The lowest BCUT2D eigenvalue weighted by atomic mass is 10.1. The molecule has 1 N–H and O–H groups in total. The lowest BCUT2D eigenvalue weighted by Gasteiger charge is -2.14. The number of hydrogen-bond donors (Lipinski definition) is 1. The zero-order valence-corrected chi connectivity index (χ0v) is 12.9. The van der Waals surface area contributed by atoms with E-state index in [2.05, 4.69) is 26.3 Å².